The molecule has 0 radical (unpaired) electrons. The minimum Gasteiger partial charge on any atom is -0.322 e. The van der Waals surface area contributed by atoms with Gasteiger partial charge in [0.05, 0.1) is 17.5 Å². The van der Waals surface area contributed by atoms with E-state index in [-0.39, 0.29) is 22.7 Å². The molecule has 31 heavy (non-hydrogen) atoms. The zero-order chi connectivity index (χ0) is 22.0. The Kier molecular flexibility index (Phi) is 5.54. The van der Waals surface area contributed by atoms with Gasteiger partial charge in [0.2, 0.25) is 0 Å². The van der Waals surface area contributed by atoms with E-state index in [1.165, 1.54) is 24.3 Å². The highest BCUT2D eigenvalue weighted by Crippen LogP contribution is 2.30. The molecule has 0 fully saturated rings. The Hall–Kier alpha value is -3.93. The summed E-state index contributed by atoms with van der Waals surface area (Å²) in [7, 11) is 0. The van der Waals surface area contributed by atoms with Crippen molar-refractivity contribution in [3.63, 3.8) is 0 Å². The summed E-state index contributed by atoms with van der Waals surface area (Å²) < 4.78 is 28.7. The fourth-order valence-corrected chi connectivity index (χ4v) is 3.55. The monoisotopic (exact) mass is 415 g/mol. The van der Waals surface area contributed by atoms with Gasteiger partial charge in [-0.05, 0) is 49.2 Å². The molecule has 154 valence electrons. The molecule has 0 spiro atoms. The van der Waals surface area contributed by atoms with Crippen molar-refractivity contribution in [3.05, 3.63) is 102 Å². The number of hydrogen-bond donors (Lipinski definition) is 1. The topological polar surface area (TPSA) is 54.9 Å². The number of anilines is 1. The molecule has 0 aliphatic carbocycles. The van der Waals surface area contributed by atoms with Crippen LogP contribution in [0.1, 0.15) is 21.5 Å². The second-order valence-corrected chi connectivity index (χ2v) is 7.17. The Morgan fingerprint density at radius 2 is 1.61 bits per heavy atom. The average molecular weight is 415 g/mol. The maximum atomic E-state index is 14.7. The van der Waals surface area contributed by atoms with Crippen molar-refractivity contribution in [1.82, 2.24) is 9.97 Å². The van der Waals surface area contributed by atoms with E-state index in [2.05, 4.69) is 15.3 Å². The maximum absolute atomic E-state index is 14.7. The first-order chi connectivity index (χ1) is 15.0. The lowest BCUT2D eigenvalue weighted by Gasteiger charge is -2.15. The van der Waals surface area contributed by atoms with Gasteiger partial charge in [0.15, 0.2) is 0 Å². The minimum absolute atomic E-state index is 0.128. The van der Waals surface area contributed by atoms with Crippen LogP contribution in [0.3, 0.4) is 0 Å². The van der Waals surface area contributed by atoms with Crippen LogP contribution in [0.15, 0.2) is 73.2 Å². The second-order valence-electron chi connectivity index (χ2n) is 7.17. The number of aromatic nitrogens is 2. The molecule has 4 aromatic rings. The summed E-state index contributed by atoms with van der Waals surface area (Å²) in [5.41, 5.74) is 3.89. The number of benzene rings is 3. The van der Waals surface area contributed by atoms with Gasteiger partial charge < -0.3 is 5.32 Å². The van der Waals surface area contributed by atoms with Gasteiger partial charge in [0.25, 0.3) is 5.91 Å². The Bertz CT molecular complexity index is 1270. The number of aryl methyl sites for hydroxylation is 2. The molecule has 0 atom stereocenters. The number of hydrogen-bond acceptors (Lipinski definition) is 3. The second kappa shape index (κ2) is 8.44. The van der Waals surface area contributed by atoms with Crippen molar-refractivity contribution in [2.24, 2.45) is 0 Å². The van der Waals surface area contributed by atoms with Gasteiger partial charge in [0.1, 0.15) is 11.6 Å². The SMILES string of the molecule is Cc1ccc(C)c(-c2cnccn2)c1C(=O)Nc1ccc(-c2ccccc2F)c(F)c1. The molecular formula is C25H19F2N3O. The van der Waals surface area contributed by atoms with Gasteiger partial charge in [0, 0.05) is 34.8 Å². The van der Waals surface area contributed by atoms with Crippen molar-refractivity contribution >= 4 is 11.6 Å². The quantitative estimate of drug-likeness (QED) is 0.448. The molecule has 4 nitrogen and oxygen atoms in total. The van der Waals surface area contributed by atoms with E-state index in [0.29, 0.717) is 16.8 Å². The molecule has 1 aromatic heterocycles. The van der Waals surface area contributed by atoms with E-state index in [1.807, 2.05) is 26.0 Å². The van der Waals surface area contributed by atoms with E-state index >= 15 is 0 Å². The number of rotatable bonds is 4. The summed E-state index contributed by atoms with van der Waals surface area (Å²) in [6.45, 7) is 3.72. The first-order valence-electron chi connectivity index (χ1n) is 9.68. The predicted octanol–water partition coefficient (Wildman–Crippen LogP) is 5.96. The van der Waals surface area contributed by atoms with Gasteiger partial charge in [-0.2, -0.15) is 0 Å². The van der Waals surface area contributed by atoms with Crippen molar-refractivity contribution in [1.29, 1.82) is 0 Å². The highest BCUT2D eigenvalue weighted by molar-refractivity contribution is 6.10. The first-order valence-corrected chi connectivity index (χ1v) is 9.68. The first kappa shape index (κ1) is 20.3. The van der Waals surface area contributed by atoms with E-state index < -0.39 is 11.6 Å². The van der Waals surface area contributed by atoms with Crippen LogP contribution >= 0.6 is 0 Å². The molecule has 0 aliphatic rings. The number of nitrogens with one attached hydrogen (secondary N) is 1. The fraction of sp³-hybridized carbons (Fsp3) is 0.0800. The number of carbonyl (C=O) groups is 1. The van der Waals surface area contributed by atoms with Crippen molar-refractivity contribution < 1.29 is 13.6 Å². The molecule has 0 bridgehead atoms. The van der Waals surface area contributed by atoms with Crippen molar-refractivity contribution in [3.8, 4) is 22.4 Å². The lowest BCUT2D eigenvalue weighted by atomic mass is 9.94. The lowest BCUT2D eigenvalue weighted by molar-refractivity contribution is 0.102. The molecule has 0 aliphatic heterocycles. The molecule has 1 heterocycles. The summed E-state index contributed by atoms with van der Waals surface area (Å²) in [6, 6.07) is 13.9. The molecule has 0 saturated carbocycles. The molecular weight excluding hydrogens is 396 g/mol. The number of halogens is 2. The Morgan fingerprint density at radius 1 is 0.871 bits per heavy atom. The Labute approximate surface area is 178 Å². The molecule has 1 amide bonds. The third kappa shape index (κ3) is 4.05. The zero-order valence-electron chi connectivity index (χ0n) is 17.0. The van der Waals surface area contributed by atoms with Gasteiger partial charge in [-0.15, -0.1) is 0 Å². The maximum Gasteiger partial charge on any atom is 0.256 e. The van der Waals surface area contributed by atoms with Gasteiger partial charge >= 0.3 is 0 Å². The summed E-state index contributed by atoms with van der Waals surface area (Å²) in [5, 5.41) is 2.75. The smallest absolute Gasteiger partial charge is 0.256 e. The Morgan fingerprint density at radius 3 is 2.32 bits per heavy atom. The predicted molar refractivity (Wildman–Crippen MR) is 117 cm³/mol. The highest BCUT2D eigenvalue weighted by Gasteiger charge is 2.20. The third-order valence-corrected chi connectivity index (χ3v) is 5.06. The number of nitrogens with zero attached hydrogens (tertiary/aromatic N) is 2. The third-order valence-electron chi connectivity index (χ3n) is 5.06. The fourth-order valence-electron chi connectivity index (χ4n) is 3.55. The zero-order valence-corrected chi connectivity index (χ0v) is 17.0. The van der Waals surface area contributed by atoms with Crippen LogP contribution in [-0.4, -0.2) is 15.9 Å². The normalized spacial score (nSPS) is 10.7. The van der Waals surface area contributed by atoms with E-state index in [1.54, 1.807) is 36.8 Å². The van der Waals surface area contributed by atoms with Crippen LogP contribution < -0.4 is 5.32 Å². The van der Waals surface area contributed by atoms with E-state index in [0.717, 1.165) is 11.1 Å². The number of amides is 1. The standard InChI is InChI=1S/C25H19F2N3O/c1-15-7-8-16(2)24(23(15)22-14-28-11-12-29-22)25(31)30-17-9-10-19(21(27)13-17)18-5-3-4-6-20(18)26/h3-14H,1-2H3,(H,30,31). The molecule has 1 N–H and O–H groups in total. The van der Waals surface area contributed by atoms with E-state index in [9.17, 15) is 13.6 Å². The molecule has 4 rings (SSSR count). The van der Waals surface area contributed by atoms with Gasteiger partial charge in [-0.3, -0.25) is 14.8 Å². The summed E-state index contributed by atoms with van der Waals surface area (Å²) in [4.78, 5) is 21.6. The van der Waals surface area contributed by atoms with Crippen LogP contribution in [0, 0.1) is 25.5 Å². The summed E-state index contributed by atoms with van der Waals surface area (Å²) >= 11 is 0. The van der Waals surface area contributed by atoms with Crippen LogP contribution in [-0.2, 0) is 0 Å². The van der Waals surface area contributed by atoms with Crippen molar-refractivity contribution in [2.75, 3.05) is 5.32 Å². The molecule has 0 unspecified atom stereocenters. The van der Waals surface area contributed by atoms with Crippen LogP contribution in [0.5, 0.6) is 0 Å². The lowest BCUT2D eigenvalue weighted by Crippen LogP contribution is -2.16. The van der Waals surface area contributed by atoms with Crippen LogP contribution in [0.4, 0.5) is 14.5 Å². The summed E-state index contributed by atoms with van der Waals surface area (Å²) in [6.07, 6.45) is 4.73. The number of carbonyl (C=O) groups excluding carboxylic acids is 1. The van der Waals surface area contributed by atoms with E-state index in [4.69, 9.17) is 0 Å². The molecule has 3 aromatic carbocycles. The largest absolute Gasteiger partial charge is 0.322 e. The molecule has 6 heteroatoms. The van der Waals surface area contributed by atoms with Gasteiger partial charge in [-0.25, -0.2) is 8.78 Å². The summed E-state index contributed by atoms with van der Waals surface area (Å²) in [5.74, 6) is -1.53. The van der Waals surface area contributed by atoms with Crippen molar-refractivity contribution in [2.45, 2.75) is 13.8 Å². The van der Waals surface area contributed by atoms with Crippen LogP contribution in [0.25, 0.3) is 22.4 Å². The highest BCUT2D eigenvalue weighted by atomic mass is 19.1. The average Bonchev–Trinajstić information content (AvgIpc) is 2.76. The van der Waals surface area contributed by atoms with Crippen LogP contribution in [0.2, 0.25) is 0 Å². The molecule has 0 saturated heterocycles. The minimum atomic E-state index is -0.627. The Balaban J connectivity index is 1.69. The van der Waals surface area contributed by atoms with Gasteiger partial charge in [-0.1, -0.05) is 30.3 Å².